The number of carbonyl (C=O) groups is 2. The van der Waals surface area contributed by atoms with E-state index in [2.05, 4.69) is 10.6 Å². The standard InChI is InChI=1S/C15H16N4O3/c16-9-12(10-19-6-4-17-5-7-19)14(20)18-13-3-1-2-11(8-13)15(21)22/h1-3,8,10,17H,4-7H2,(H,18,20)(H,21,22)/b12-10-. The quantitative estimate of drug-likeness (QED) is 0.556. The maximum Gasteiger partial charge on any atom is 0.335 e. The molecule has 2 rings (SSSR count). The van der Waals surface area contributed by atoms with Crippen molar-refractivity contribution in [3.05, 3.63) is 41.6 Å². The van der Waals surface area contributed by atoms with Gasteiger partial charge < -0.3 is 20.6 Å². The van der Waals surface area contributed by atoms with Gasteiger partial charge in [0.1, 0.15) is 11.6 Å². The Morgan fingerprint density at radius 1 is 1.36 bits per heavy atom. The van der Waals surface area contributed by atoms with E-state index in [-0.39, 0.29) is 11.1 Å². The number of nitrogens with zero attached hydrogens (tertiary/aromatic N) is 2. The Bertz CT molecular complexity index is 642. The molecule has 22 heavy (non-hydrogen) atoms. The summed E-state index contributed by atoms with van der Waals surface area (Å²) in [5.41, 5.74) is 0.399. The summed E-state index contributed by atoms with van der Waals surface area (Å²) in [4.78, 5) is 24.9. The van der Waals surface area contributed by atoms with E-state index >= 15 is 0 Å². The smallest absolute Gasteiger partial charge is 0.335 e. The van der Waals surface area contributed by atoms with Crippen molar-refractivity contribution in [2.45, 2.75) is 0 Å². The maximum atomic E-state index is 12.1. The zero-order valence-electron chi connectivity index (χ0n) is 11.9. The van der Waals surface area contributed by atoms with Crippen LogP contribution in [0.1, 0.15) is 10.4 Å². The van der Waals surface area contributed by atoms with Gasteiger partial charge in [-0.05, 0) is 18.2 Å². The fourth-order valence-corrected chi connectivity index (χ4v) is 2.06. The molecule has 0 aromatic heterocycles. The van der Waals surface area contributed by atoms with E-state index in [1.54, 1.807) is 6.07 Å². The van der Waals surface area contributed by atoms with E-state index in [4.69, 9.17) is 10.4 Å². The number of carboxylic acid groups (broad SMARTS) is 1. The number of nitrogens with one attached hydrogen (secondary N) is 2. The van der Waals surface area contributed by atoms with Crippen LogP contribution in [-0.2, 0) is 4.79 Å². The van der Waals surface area contributed by atoms with Crippen LogP contribution in [0.15, 0.2) is 36.0 Å². The molecule has 1 amide bonds. The molecule has 0 unspecified atom stereocenters. The number of anilines is 1. The molecule has 0 bridgehead atoms. The summed E-state index contributed by atoms with van der Waals surface area (Å²) in [7, 11) is 0. The van der Waals surface area contributed by atoms with Crippen molar-refractivity contribution in [2.75, 3.05) is 31.5 Å². The number of carbonyl (C=O) groups excluding carboxylic acids is 1. The number of nitriles is 1. The van der Waals surface area contributed by atoms with Crippen LogP contribution in [0.4, 0.5) is 5.69 Å². The second-order valence-corrected chi connectivity index (χ2v) is 4.78. The van der Waals surface area contributed by atoms with E-state index in [9.17, 15) is 9.59 Å². The molecule has 0 spiro atoms. The third kappa shape index (κ3) is 4.07. The van der Waals surface area contributed by atoms with Gasteiger partial charge in [0.25, 0.3) is 5.91 Å². The highest BCUT2D eigenvalue weighted by atomic mass is 16.4. The molecule has 1 heterocycles. The molecule has 0 aliphatic carbocycles. The molecule has 0 atom stereocenters. The first-order valence-electron chi connectivity index (χ1n) is 6.81. The minimum atomic E-state index is -1.08. The molecule has 1 aromatic carbocycles. The van der Waals surface area contributed by atoms with Crippen LogP contribution in [0.5, 0.6) is 0 Å². The molecule has 7 nitrogen and oxygen atoms in total. The van der Waals surface area contributed by atoms with Gasteiger partial charge in [0.15, 0.2) is 0 Å². The molecule has 1 aliphatic heterocycles. The number of aromatic carboxylic acids is 1. The molecule has 1 aliphatic rings. The Labute approximate surface area is 127 Å². The lowest BCUT2D eigenvalue weighted by atomic mass is 10.2. The highest BCUT2D eigenvalue weighted by molar-refractivity contribution is 6.06. The Kier molecular flexibility index (Phi) is 5.11. The maximum absolute atomic E-state index is 12.1. The summed E-state index contributed by atoms with van der Waals surface area (Å²) in [5, 5.41) is 23.8. The molecule has 1 saturated heterocycles. The number of hydrogen-bond donors (Lipinski definition) is 3. The van der Waals surface area contributed by atoms with Crippen molar-refractivity contribution < 1.29 is 14.7 Å². The first-order chi connectivity index (χ1) is 10.6. The van der Waals surface area contributed by atoms with Gasteiger partial charge in [0.2, 0.25) is 0 Å². The lowest BCUT2D eigenvalue weighted by molar-refractivity contribution is -0.112. The lowest BCUT2D eigenvalue weighted by Crippen LogP contribution is -2.41. The number of carboxylic acids is 1. The summed E-state index contributed by atoms with van der Waals surface area (Å²) in [6, 6.07) is 7.76. The van der Waals surface area contributed by atoms with Crippen LogP contribution >= 0.6 is 0 Å². The van der Waals surface area contributed by atoms with Crippen molar-refractivity contribution in [1.82, 2.24) is 10.2 Å². The summed E-state index contributed by atoms with van der Waals surface area (Å²) < 4.78 is 0. The number of benzene rings is 1. The topological polar surface area (TPSA) is 105 Å². The van der Waals surface area contributed by atoms with Gasteiger partial charge >= 0.3 is 5.97 Å². The van der Waals surface area contributed by atoms with Crippen LogP contribution in [0.2, 0.25) is 0 Å². The third-order valence-electron chi connectivity index (χ3n) is 3.20. The van der Waals surface area contributed by atoms with Crippen molar-refractivity contribution in [3.63, 3.8) is 0 Å². The molecule has 3 N–H and O–H groups in total. The minimum absolute atomic E-state index is 0.0115. The van der Waals surface area contributed by atoms with Crippen LogP contribution < -0.4 is 10.6 Å². The number of rotatable bonds is 4. The Morgan fingerprint density at radius 2 is 2.09 bits per heavy atom. The lowest BCUT2D eigenvalue weighted by Gasteiger charge is -2.26. The molecule has 1 fully saturated rings. The van der Waals surface area contributed by atoms with Gasteiger partial charge in [-0.25, -0.2) is 4.79 Å². The Morgan fingerprint density at radius 3 is 2.73 bits per heavy atom. The predicted octanol–water partition coefficient (Wildman–Crippen LogP) is 0.636. The highest BCUT2D eigenvalue weighted by Gasteiger charge is 2.14. The average molecular weight is 300 g/mol. The van der Waals surface area contributed by atoms with E-state index in [1.165, 1.54) is 24.4 Å². The summed E-state index contributed by atoms with van der Waals surface area (Å²) in [6.07, 6.45) is 1.54. The first-order valence-corrected chi connectivity index (χ1v) is 6.81. The number of piperazine rings is 1. The molecular formula is C15H16N4O3. The average Bonchev–Trinajstić information content (AvgIpc) is 2.53. The second kappa shape index (κ2) is 7.24. The molecule has 0 radical (unpaired) electrons. The Hall–Kier alpha value is -2.85. The SMILES string of the molecule is N#C/C(=C/N1CCNCC1)C(=O)Nc1cccc(C(=O)O)c1. The number of amides is 1. The van der Waals surface area contributed by atoms with Gasteiger partial charge in [-0.2, -0.15) is 5.26 Å². The van der Waals surface area contributed by atoms with Gasteiger partial charge in [-0.3, -0.25) is 4.79 Å². The van der Waals surface area contributed by atoms with Crippen LogP contribution in [0.25, 0.3) is 0 Å². The van der Waals surface area contributed by atoms with Crippen molar-refractivity contribution in [2.24, 2.45) is 0 Å². The molecule has 0 saturated carbocycles. The fourth-order valence-electron chi connectivity index (χ4n) is 2.06. The molecule has 1 aromatic rings. The van der Waals surface area contributed by atoms with Crippen molar-refractivity contribution >= 4 is 17.6 Å². The highest BCUT2D eigenvalue weighted by Crippen LogP contribution is 2.12. The van der Waals surface area contributed by atoms with Crippen LogP contribution in [0, 0.1) is 11.3 Å². The largest absolute Gasteiger partial charge is 0.478 e. The summed E-state index contributed by atoms with van der Waals surface area (Å²) in [5.74, 6) is -1.63. The minimum Gasteiger partial charge on any atom is -0.478 e. The third-order valence-corrected chi connectivity index (χ3v) is 3.20. The number of hydrogen-bond acceptors (Lipinski definition) is 5. The summed E-state index contributed by atoms with van der Waals surface area (Å²) in [6.45, 7) is 3.06. The molecular weight excluding hydrogens is 284 g/mol. The molecule has 114 valence electrons. The van der Waals surface area contributed by atoms with Gasteiger partial charge in [0.05, 0.1) is 5.56 Å². The first kappa shape index (κ1) is 15.5. The fraction of sp³-hybridized carbons (Fsp3) is 0.267. The van der Waals surface area contributed by atoms with E-state index in [0.29, 0.717) is 5.69 Å². The second-order valence-electron chi connectivity index (χ2n) is 4.78. The zero-order valence-corrected chi connectivity index (χ0v) is 11.9. The van der Waals surface area contributed by atoms with Crippen molar-refractivity contribution in [3.8, 4) is 6.07 Å². The zero-order chi connectivity index (χ0) is 15.9. The van der Waals surface area contributed by atoms with Crippen LogP contribution in [0.3, 0.4) is 0 Å². The van der Waals surface area contributed by atoms with Crippen LogP contribution in [-0.4, -0.2) is 48.1 Å². The monoisotopic (exact) mass is 300 g/mol. The summed E-state index contributed by atoms with van der Waals surface area (Å²) >= 11 is 0. The molecule has 7 heteroatoms. The predicted molar refractivity (Wildman–Crippen MR) is 80.2 cm³/mol. The van der Waals surface area contributed by atoms with Gasteiger partial charge in [-0.1, -0.05) is 6.07 Å². The van der Waals surface area contributed by atoms with E-state index in [1.807, 2.05) is 11.0 Å². The van der Waals surface area contributed by atoms with Gasteiger partial charge in [0, 0.05) is 38.1 Å². The van der Waals surface area contributed by atoms with Crippen molar-refractivity contribution in [1.29, 1.82) is 5.26 Å². The Balaban J connectivity index is 2.09. The van der Waals surface area contributed by atoms with Gasteiger partial charge in [-0.15, -0.1) is 0 Å². The normalized spacial score (nSPS) is 15.0. The van der Waals surface area contributed by atoms with E-state index in [0.717, 1.165) is 26.2 Å². The van der Waals surface area contributed by atoms with E-state index < -0.39 is 11.9 Å².